The molecule has 0 bridgehead atoms. The molecule has 0 saturated carbocycles. The van der Waals surface area contributed by atoms with Crippen molar-refractivity contribution in [2.45, 2.75) is 12.8 Å². The molecule has 148 valence electrons. The number of primary amides is 1. The van der Waals surface area contributed by atoms with Gasteiger partial charge in [0.05, 0.1) is 16.9 Å². The molecule has 29 heavy (non-hydrogen) atoms. The molecule has 2 aromatic heterocycles. The average molecular weight is 428 g/mol. The fourth-order valence-electron chi connectivity index (χ4n) is 3.50. The molecule has 4 rings (SSSR count). The fourth-order valence-corrected chi connectivity index (χ4v) is 3.83. The van der Waals surface area contributed by atoms with Gasteiger partial charge in [-0.3, -0.25) is 14.8 Å². The summed E-state index contributed by atoms with van der Waals surface area (Å²) in [6.07, 6.45) is 6.45. The Balaban J connectivity index is 1.75. The molecule has 1 aromatic carbocycles. The first-order valence-electron chi connectivity index (χ1n) is 9.30. The normalized spacial score (nSPS) is 14.8. The van der Waals surface area contributed by atoms with Gasteiger partial charge in [-0.2, -0.15) is 0 Å². The molecule has 0 spiro atoms. The molecule has 0 atom stereocenters. The second-order valence-electron chi connectivity index (χ2n) is 6.95. The van der Waals surface area contributed by atoms with E-state index in [1.165, 1.54) is 0 Å². The van der Waals surface area contributed by atoms with Gasteiger partial charge in [-0.05, 0) is 31.0 Å². The molecule has 1 aliphatic rings. The summed E-state index contributed by atoms with van der Waals surface area (Å²) < 4.78 is 0. The van der Waals surface area contributed by atoms with Gasteiger partial charge in [0, 0.05) is 47.6 Å². The Kier molecular flexibility index (Phi) is 5.65. The third kappa shape index (κ3) is 4.18. The van der Waals surface area contributed by atoms with Gasteiger partial charge in [0.1, 0.15) is 11.5 Å². The minimum absolute atomic E-state index is 0.0818. The molecule has 1 fully saturated rings. The van der Waals surface area contributed by atoms with Gasteiger partial charge in [0.2, 0.25) is 5.91 Å². The molecule has 1 aliphatic heterocycles. The first kappa shape index (κ1) is 19.6. The number of nitrogens with two attached hydrogens (primary N) is 1. The van der Waals surface area contributed by atoms with Crippen molar-refractivity contribution < 1.29 is 4.79 Å². The molecular weight excluding hydrogens is 409 g/mol. The third-order valence-electron chi connectivity index (χ3n) is 5.13. The molecule has 1 amide bonds. The Morgan fingerprint density at radius 1 is 1.03 bits per heavy atom. The number of hydrogen-bond donors (Lipinski definition) is 1. The molecular formula is C21H19Cl2N5O. The summed E-state index contributed by atoms with van der Waals surface area (Å²) in [5.41, 5.74) is 8.49. The Morgan fingerprint density at radius 3 is 2.41 bits per heavy atom. The number of piperidine rings is 1. The Labute approximate surface area is 178 Å². The van der Waals surface area contributed by atoms with Crippen LogP contribution in [0.4, 0.5) is 5.82 Å². The van der Waals surface area contributed by atoms with Crippen molar-refractivity contribution in [3.8, 4) is 22.5 Å². The summed E-state index contributed by atoms with van der Waals surface area (Å²) in [6, 6.07) is 9.28. The van der Waals surface area contributed by atoms with Crippen molar-refractivity contribution in [1.29, 1.82) is 0 Å². The number of benzene rings is 1. The van der Waals surface area contributed by atoms with Gasteiger partial charge in [-0.1, -0.05) is 35.3 Å². The maximum atomic E-state index is 11.4. The molecule has 0 unspecified atom stereocenters. The van der Waals surface area contributed by atoms with E-state index in [0.717, 1.165) is 16.9 Å². The van der Waals surface area contributed by atoms with E-state index in [1.807, 2.05) is 30.3 Å². The number of anilines is 1. The smallest absolute Gasteiger partial charge is 0.220 e. The topological polar surface area (TPSA) is 85.0 Å². The van der Waals surface area contributed by atoms with Crippen LogP contribution in [0.15, 0.2) is 48.9 Å². The number of carbonyl (C=O) groups is 1. The number of pyridine rings is 1. The van der Waals surface area contributed by atoms with Crippen LogP contribution in [0.1, 0.15) is 12.8 Å². The van der Waals surface area contributed by atoms with E-state index in [1.54, 1.807) is 18.6 Å². The summed E-state index contributed by atoms with van der Waals surface area (Å²) in [7, 11) is 0. The van der Waals surface area contributed by atoms with Crippen LogP contribution in [-0.4, -0.2) is 33.9 Å². The van der Waals surface area contributed by atoms with Gasteiger partial charge < -0.3 is 10.6 Å². The number of nitrogens with zero attached hydrogens (tertiary/aromatic N) is 4. The van der Waals surface area contributed by atoms with E-state index in [4.69, 9.17) is 38.9 Å². The van der Waals surface area contributed by atoms with Crippen LogP contribution < -0.4 is 10.6 Å². The first-order chi connectivity index (χ1) is 14.0. The SMILES string of the molecule is NC(=O)C1CCN(c2cnc(-c3ccc(Cl)cc3)c(-c3ccncc3Cl)n2)CC1. The zero-order chi connectivity index (χ0) is 20.4. The molecule has 0 aliphatic carbocycles. The van der Waals surface area contributed by atoms with E-state index < -0.39 is 0 Å². The second kappa shape index (κ2) is 8.35. The molecule has 1 saturated heterocycles. The van der Waals surface area contributed by atoms with Crippen molar-refractivity contribution in [1.82, 2.24) is 15.0 Å². The maximum absolute atomic E-state index is 11.4. The minimum atomic E-state index is -0.238. The summed E-state index contributed by atoms with van der Waals surface area (Å²) in [4.78, 5) is 27.2. The fraction of sp³-hybridized carbons (Fsp3) is 0.238. The number of aromatic nitrogens is 3. The number of amides is 1. The lowest BCUT2D eigenvalue weighted by Crippen LogP contribution is -2.39. The van der Waals surface area contributed by atoms with E-state index >= 15 is 0 Å². The summed E-state index contributed by atoms with van der Waals surface area (Å²) in [5.74, 6) is 0.424. The lowest BCUT2D eigenvalue weighted by atomic mass is 9.96. The number of hydrogen-bond acceptors (Lipinski definition) is 5. The van der Waals surface area contributed by atoms with Crippen LogP contribution in [0.3, 0.4) is 0 Å². The summed E-state index contributed by atoms with van der Waals surface area (Å²) in [5, 5.41) is 1.15. The minimum Gasteiger partial charge on any atom is -0.369 e. The van der Waals surface area contributed by atoms with Crippen LogP contribution in [0.25, 0.3) is 22.5 Å². The Bertz CT molecular complexity index is 1030. The molecule has 3 heterocycles. The number of carbonyl (C=O) groups excluding carboxylic acids is 1. The van der Waals surface area contributed by atoms with Crippen LogP contribution in [0, 0.1) is 5.92 Å². The van der Waals surface area contributed by atoms with Crippen LogP contribution in [0.5, 0.6) is 0 Å². The van der Waals surface area contributed by atoms with E-state index in [0.29, 0.717) is 47.4 Å². The van der Waals surface area contributed by atoms with Gasteiger partial charge >= 0.3 is 0 Å². The van der Waals surface area contributed by atoms with Gasteiger partial charge in [0.25, 0.3) is 0 Å². The number of rotatable bonds is 4. The van der Waals surface area contributed by atoms with Crippen molar-refractivity contribution >= 4 is 34.9 Å². The Morgan fingerprint density at radius 2 is 1.76 bits per heavy atom. The zero-order valence-electron chi connectivity index (χ0n) is 15.6. The van der Waals surface area contributed by atoms with Crippen LogP contribution in [-0.2, 0) is 4.79 Å². The average Bonchev–Trinajstić information content (AvgIpc) is 2.74. The van der Waals surface area contributed by atoms with Crippen LogP contribution in [0.2, 0.25) is 10.0 Å². The highest BCUT2D eigenvalue weighted by molar-refractivity contribution is 6.33. The monoisotopic (exact) mass is 427 g/mol. The highest BCUT2D eigenvalue weighted by Crippen LogP contribution is 2.35. The van der Waals surface area contributed by atoms with Gasteiger partial charge in [-0.15, -0.1) is 0 Å². The summed E-state index contributed by atoms with van der Waals surface area (Å²) in [6.45, 7) is 1.40. The molecule has 6 nitrogen and oxygen atoms in total. The van der Waals surface area contributed by atoms with Gasteiger partial charge in [-0.25, -0.2) is 4.98 Å². The van der Waals surface area contributed by atoms with Crippen molar-refractivity contribution in [2.75, 3.05) is 18.0 Å². The maximum Gasteiger partial charge on any atom is 0.220 e. The third-order valence-corrected chi connectivity index (χ3v) is 5.68. The first-order valence-corrected chi connectivity index (χ1v) is 10.1. The molecule has 3 aromatic rings. The molecule has 8 heteroatoms. The van der Waals surface area contributed by atoms with Crippen molar-refractivity contribution in [3.63, 3.8) is 0 Å². The molecule has 2 N–H and O–H groups in total. The second-order valence-corrected chi connectivity index (χ2v) is 7.80. The highest BCUT2D eigenvalue weighted by Gasteiger charge is 2.25. The quantitative estimate of drug-likeness (QED) is 0.673. The van der Waals surface area contributed by atoms with Crippen molar-refractivity contribution in [3.05, 3.63) is 59.0 Å². The van der Waals surface area contributed by atoms with E-state index in [-0.39, 0.29) is 11.8 Å². The van der Waals surface area contributed by atoms with Gasteiger partial charge in [0.15, 0.2) is 0 Å². The lowest BCUT2D eigenvalue weighted by Gasteiger charge is -2.31. The predicted molar refractivity (Wildman–Crippen MR) is 115 cm³/mol. The number of halogens is 2. The lowest BCUT2D eigenvalue weighted by molar-refractivity contribution is -0.122. The van der Waals surface area contributed by atoms with Crippen molar-refractivity contribution in [2.24, 2.45) is 11.7 Å². The molecule has 0 radical (unpaired) electrons. The zero-order valence-corrected chi connectivity index (χ0v) is 17.1. The van der Waals surface area contributed by atoms with Crippen LogP contribution >= 0.6 is 23.2 Å². The predicted octanol–water partition coefficient (Wildman–Crippen LogP) is 4.21. The van der Waals surface area contributed by atoms with E-state index in [9.17, 15) is 4.79 Å². The van der Waals surface area contributed by atoms with E-state index in [2.05, 4.69) is 9.88 Å². The summed E-state index contributed by atoms with van der Waals surface area (Å²) >= 11 is 12.5. The largest absolute Gasteiger partial charge is 0.369 e. The highest BCUT2D eigenvalue weighted by atomic mass is 35.5. The Hall–Kier alpha value is -2.70. The standard InChI is InChI=1S/C21H19Cl2N5O/c22-15-3-1-13(2-4-15)19-20(16-5-8-25-11-17(16)23)27-18(12-26-19)28-9-6-14(7-10-28)21(24)29/h1-5,8,11-12,14H,6-7,9-10H2,(H2,24,29).